The van der Waals surface area contributed by atoms with E-state index in [1.54, 1.807) is 0 Å². The van der Waals surface area contributed by atoms with Crippen LogP contribution in [0.2, 0.25) is 0 Å². The summed E-state index contributed by atoms with van der Waals surface area (Å²) in [7, 11) is 0. The molecule has 1 saturated heterocycles. The number of nitriles is 1. The number of fused-ring (bicyclic) bond motifs is 1. The van der Waals surface area contributed by atoms with Gasteiger partial charge in [0.15, 0.2) is 0 Å². The molecule has 0 atom stereocenters. The Morgan fingerprint density at radius 3 is 2.67 bits per heavy atom. The van der Waals surface area contributed by atoms with Gasteiger partial charge in [0.25, 0.3) is 0 Å². The number of benzene rings is 1. The van der Waals surface area contributed by atoms with Crippen LogP contribution in [0.4, 0.5) is 0 Å². The first kappa shape index (κ1) is 17.0. The van der Waals surface area contributed by atoms with Gasteiger partial charge in [-0.2, -0.15) is 5.26 Å². The van der Waals surface area contributed by atoms with Crippen LogP contribution in [0.15, 0.2) is 30.5 Å². The average Bonchev–Trinajstić information content (AvgIpc) is 2.99. The third-order valence-electron chi connectivity index (χ3n) is 5.46. The van der Waals surface area contributed by atoms with Crippen LogP contribution in [0.25, 0.3) is 10.9 Å². The molecule has 0 N–H and O–H groups in total. The number of para-hydroxylation sites is 1. The molecule has 0 unspecified atom stereocenters. The van der Waals surface area contributed by atoms with Gasteiger partial charge in [-0.1, -0.05) is 44.4 Å². The van der Waals surface area contributed by atoms with E-state index in [4.69, 9.17) is 0 Å². The second kappa shape index (κ2) is 8.35. The van der Waals surface area contributed by atoms with Gasteiger partial charge in [-0.15, -0.1) is 0 Å². The molecule has 1 aromatic heterocycles. The Hall–Kier alpha value is -1.79. The first-order valence-corrected chi connectivity index (χ1v) is 9.52. The molecular formula is C21H29N3. The second-order valence-electron chi connectivity index (χ2n) is 7.15. The molecule has 3 nitrogen and oxygen atoms in total. The molecular weight excluding hydrogens is 294 g/mol. The van der Waals surface area contributed by atoms with Crippen molar-refractivity contribution in [1.82, 2.24) is 9.47 Å². The Bertz CT molecular complexity index is 687. The summed E-state index contributed by atoms with van der Waals surface area (Å²) in [5, 5.41) is 10.4. The van der Waals surface area contributed by atoms with Gasteiger partial charge in [0.2, 0.25) is 0 Å². The molecule has 2 heterocycles. The standard InChI is InChI=1S/C21H29N3/c1-2-3-7-18-10-14-23(15-11-18)12-6-13-24-17-19(16-22)20-8-4-5-9-21(20)24/h4-5,8-9,17-18H,2-3,6-7,10-15H2,1H3. The van der Waals surface area contributed by atoms with Crippen molar-refractivity contribution in [3.05, 3.63) is 36.0 Å². The van der Waals surface area contributed by atoms with E-state index >= 15 is 0 Å². The van der Waals surface area contributed by atoms with Crippen molar-refractivity contribution < 1.29 is 0 Å². The van der Waals surface area contributed by atoms with Crippen LogP contribution in [0.5, 0.6) is 0 Å². The highest BCUT2D eigenvalue weighted by Gasteiger charge is 2.18. The van der Waals surface area contributed by atoms with E-state index in [0.717, 1.165) is 29.8 Å². The number of aryl methyl sites for hydroxylation is 1. The summed E-state index contributed by atoms with van der Waals surface area (Å²) in [6.45, 7) is 7.00. The summed E-state index contributed by atoms with van der Waals surface area (Å²) in [6, 6.07) is 10.6. The zero-order chi connectivity index (χ0) is 16.8. The SMILES string of the molecule is CCCCC1CCN(CCCn2cc(C#N)c3ccccc32)CC1. The van der Waals surface area contributed by atoms with Crippen LogP contribution in [0, 0.1) is 17.2 Å². The minimum absolute atomic E-state index is 0.794. The van der Waals surface area contributed by atoms with Gasteiger partial charge >= 0.3 is 0 Å². The maximum absolute atomic E-state index is 9.29. The summed E-state index contributed by atoms with van der Waals surface area (Å²) < 4.78 is 2.25. The number of hydrogen-bond acceptors (Lipinski definition) is 2. The van der Waals surface area contributed by atoms with Crippen molar-refractivity contribution in [2.45, 2.75) is 52.0 Å². The van der Waals surface area contributed by atoms with Crippen molar-refractivity contribution in [3.8, 4) is 6.07 Å². The van der Waals surface area contributed by atoms with Crippen molar-refractivity contribution in [2.24, 2.45) is 5.92 Å². The lowest BCUT2D eigenvalue weighted by molar-refractivity contribution is 0.174. The lowest BCUT2D eigenvalue weighted by Gasteiger charge is -2.32. The van der Waals surface area contributed by atoms with Gasteiger partial charge in [0.05, 0.1) is 5.56 Å². The number of hydrogen-bond donors (Lipinski definition) is 0. The number of aromatic nitrogens is 1. The summed E-state index contributed by atoms with van der Waals surface area (Å²) in [5.41, 5.74) is 1.98. The fourth-order valence-electron chi connectivity index (χ4n) is 3.98. The average molecular weight is 323 g/mol. The molecule has 1 aliphatic rings. The van der Waals surface area contributed by atoms with Crippen molar-refractivity contribution >= 4 is 10.9 Å². The summed E-state index contributed by atoms with van der Waals surface area (Å²) in [6.07, 6.45) is 10.1. The molecule has 0 bridgehead atoms. The molecule has 24 heavy (non-hydrogen) atoms. The predicted octanol–water partition coefficient (Wildman–Crippen LogP) is 4.81. The van der Waals surface area contributed by atoms with Crippen LogP contribution in [0.3, 0.4) is 0 Å². The Morgan fingerprint density at radius 2 is 1.92 bits per heavy atom. The Morgan fingerprint density at radius 1 is 1.12 bits per heavy atom. The van der Waals surface area contributed by atoms with E-state index in [9.17, 15) is 5.26 Å². The van der Waals surface area contributed by atoms with Gasteiger partial charge in [-0.3, -0.25) is 0 Å². The van der Waals surface area contributed by atoms with E-state index < -0.39 is 0 Å². The maximum Gasteiger partial charge on any atom is 0.101 e. The fraction of sp³-hybridized carbons (Fsp3) is 0.571. The molecule has 0 radical (unpaired) electrons. The van der Waals surface area contributed by atoms with Crippen molar-refractivity contribution in [3.63, 3.8) is 0 Å². The molecule has 128 valence electrons. The third-order valence-corrected chi connectivity index (χ3v) is 5.46. The minimum atomic E-state index is 0.794. The lowest BCUT2D eigenvalue weighted by Crippen LogP contribution is -2.34. The highest BCUT2D eigenvalue weighted by atomic mass is 15.1. The van der Waals surface area contributed by atoms with E-state index in [2.05, 4.69) is 34.6 Å². The van der Waals surface area contributed by atoms with Gasteiger partial charge in [-0.05, 0) is 50.9 Å². The molecule has 1 aromatic carbocycles. The number of piperidine rings is 1. The second-order valence-corrected chi connectivity index (χ2v) is 7.15. The summed E-state index contributed by atoms with van der Waals surface area (Å²) >= 11 is 0. The van der Waals surface area contributed by atoms with E-state index in [-0.39, 0.29) is 0 Å². The number of likely N-dealkylation sites (tertiary alicyclic amines) is 1. The van der Waals surface area contributed by atoms with Crippen LogP contribution in [0.1, 0.15) is 51.0 Å². The fourth-order valence-corrected chi connectivity index (χ4v) is 3.98. The summed E-state index contributed by atoms with van der Waals surface area (Å²) in [5.74, 6) is 0.966. The molecule has 3 rings (SSSR count). The van der Waals surface area contributed by atoms with E-state index in [1.807, 2.05) is 18.3 Å². The van der Waals surface area contributed by atoms with Crippen molar-refractivity contribution in [1.29, 1.82) is 5.26 Å². The van der Waals surface area contributed by atoms with E-state index in [1.165, 1.54) is 57.3 Å². The molecule has 0 spiro atoms. The quantitative estimate of drug-likeness (QED) is 0.732. The van der Waals surface area contributed by atoms with E-state index in [0.29, 0.717) is 0 Å². The van der Waals surface area contributed by atoms with Crippen LogP contribution < -0.4 is 0 Å². The molecule has 0 amide bonds. The molecule has 0 aliphatic carbocycles. The summed E-state index contributed by atoms with van der Waals surface area (Å²) in [4.78, 5) is 2.62. The van der Waals surface area contributed by atoms with Crippen molar-refractivity contribution in [2.75, 3.05) is 19.6 Å². The monoisotopic (exact) mass is 323 g/mol. The Labute approximate surface area is 145 Å². The zero-order valence-corrected chi connectivity index (χ0v) is 14.9. The highest BCUT2D eigenvalue weighted by Crippen LogP contribution is 2.23. The maximum atomic E-state index is 9.29. The van der Waals surface area contributed by atoms with Gasteiger partial charge in [0.1, 0.15) is 6.07 Å². The van der Waals surface area contributed by atoms with Crippen LogP contribution in [-0.4, -0.2) is 29.1 Å². The van der Waals surface area contributed by atoms with Gasteiger partial charge in [0, 0.05) is 23.6 Å². The van der Waals surface area contributed by atoms with Crippen LogP contribution >= 0.6 is 0 Å². The van der Waals surface area contributed by atoms with Gasteiger partial charge < -0.3 is 9.47 Å². The van der Waals surface area contributed by atoms with Gasteiger partial charge in [-0.25, -0.2) is 0 Å². The normalized spacial score (nSPS) is 16.5. The lowest BCUT2D eigenvalue weighted by atomic mass is 9.91. The predicted molar refractivity (Wildman–Crippen MR) is 100.0 cm³/mol. The molecule has 1 fully saturated rings. The smallest absolute Gasteiger partial charge is 0.101 e. The first-order chi connectivity index (χ1) is 11.8. The molecule has 1 aliphatic heterocycles. The third kappa shape index (κ3) is 3.99. The number of nitrogens with zero attached hydrogens (tertiary/aromatic N) is 3. The van der Waals surface area contributed by atoms with Crippen LogP contribution in [-0.2, 0) is 6.54 Å². The largest absolute Gasteiger partial charge is 0.346 e. The topological polar surface area (TPSA) is 32.0 Å². The number of rotatable bonds is 7. The molecule has 0 saturated carbocycles. The Kier molecular flexibility index (Phi) is 5.93. The Balaban J connectivity index is 1.49. The molecule has 2 aromatic rings. The first-order valence-electron chi connectivity index (χ1n) is 9.52. The zero-order valence-electron chi connectivity index (χ0n) is 14.9. The highest BCUT2D eigenvalue weighted by molar-refractivity contribution is 5.86. The number of unbranched alkanes of at least 4 members (excludes halogenated alkanes) is 1. The minimum Gasteiger partial charge on any atom is -0.346 e. The molecule has 3 heteroatoms.